The monoisotopic (exact) mass is 206 g/mol. The number of hydrogen-bond acceptors (Lipinski definition) is 3. The van der Waals surface area contributed by atoms with Crippen molar-refractivity contribution in [3.8, 4) is 5.75 Å². The molecule has 0 saturated carbocycles. The minimum absolute atomic E-state index is 0.296. The van der Waals surface area contributed by atoms with E-state index in [0.29, 0.717) is 19.2 Å². The third-order valence-corrected chi connectivity index (χ3v) is 3.06. The van der Waals surface area contributed by atoms with Gasteiger partial charge in [-0.1, -0.05) is 13.0 Å². The molecular formula is C12H18N2O. The van der Waals surface area contributed by atoms with Gasteiger partial charge in [0, 0.05) is 13.6 Å². The molecule has 0 amide bonds. The maximum absolute atomic E-state index is 5.70. The lowest BCUT2D eigenvalue weighted by Crippen LogP contribution is -2.45. The summed E-state index contributed by atoms with van der Waals surface area (Å²) < 4.78 is 5.68. The maximum Gasteiger partial charge on any atom is 0.142 e. The van der Waals surface area contributed by atoms with Crippen LogP contribution in [0.3, 0.4) is 0 Å². The van der Waals surface area contributed by atoms with Gasteiger partial charge in [0.05, 0.1) is 11.7 Å². The van der Waals surface area contributed by atoms with Gasteiger partial charge in [0.25, 0.3) is 0 Å². The molecule has 15 heavy (non-hydrogen) atoms. The first-order valence-electron chi connectivity index (χ1n) is 5.45. The van der Waals surface area contributed by atoms with Crippen LogP contribution in [-0.2, 0) is 6.42 Å². The molecule has 1 aliphatic heterocycles. The van der Waals surface area contributed by atoms with Gasteiger partial charge in [-0.25, -0.2) is 0 Å². The van der Waals surface area contributed by atoms with Crippen LogP contribution in [0.15, 0.2) is 18.2 Å². The van der Waals surface area contributed by atoms with Gasteiger partial charge in [0.1, 0.15) is 12.4 Å². The van der Waals surface area contributed by atoms with Crippen LogP contribution in [0.5, 0.6) is 5.75 Å². The summed E-state index contributed by atoms with van der Waals surface area (Å²) in [5, 5.41) is 0. The Kier molecular flexibility index (Phi) is 2.82. The molecule has 1 aromatic carbocycles. The predicted octanol–water partition coefficient (Wildman–Crippen LogP) is 1.40. The largest absolute Gasteiger partial charge is 0.489 e. The van der Waals surface area contributed by atoms with Crippen molar-refractivity contribution in [3.05, 3.63) is 23.8 Å². The summed E-state index contributed by atoms with van der Waals surface area (Å²) in [6, 6.07) is 6.66. The number of ether oxygens (including phenoxy) is 1. The SMILES string of the molecule is CCc1ccc2c(c1)N(C)C(CN)CO2. The lowest BCUT2D eigenvalue weighted by atomic mass is 10.1. The third-order valence-electron chi connectivity index (χ3n) is 3.06. The molecule has 0 fully saturated rings. The highest BCUT2D eigenvalue weighted by Gasteiger charge is 2.23. The van der Waals surface area contributed by atoms with E-state index in [2.05, 4.69) is 37.1 Å². The second-order valence-corrected chi connectivity index (χ2v) is 3.97. The number of fused-ring (bicyclic) bond motifs is 1. The zero-order chi connectivity index (χ0) is 10.8. The fraction of sp³-hybridized carbons (Fsp3) is 0.500. The minimum Gasteiger partial charge on any atom is -0.489 e. The van der Waals surface area contributed by atoms with E-state index in [1.807, 2.05) is 0 Å². The maximum atomic E-state index is 5.70. The van der Waals surface area contributed by atoms with Crippen molar-refractivity contribution >= 4 is 5.69 Å². The van der Waals surface area contributed by atoms with Crippen molar-refractivity contribution in [3.63, 3.8) is 0 Å². The molecule has 0 aromatic heterocycles. The van der Waals surface area contributed by atoms with Crippen molar-refractivity contribution in [1.29, 1.82) is 0 Å². The van der Waals surface area contributed by atoms with E-state index in [1.165, 1.54) is 5.56 Å². The molecule has 1 aliphatic rings. The smallest absolute Gasteiger partial charge is 0.142 e. The molecule has 0 aliphatic carbocycles. The summed E-state index contributed by atoms with van der Waals surface area (Å²) >= 11 is 0. The molecule has 1 aromatic rings. The first-order valence-corrected chi connectivity index (χ1v) is 5.45. The number of rotatable bonds is 2. The topological polar surface area (TPSA) is 38.5 Å². The van der Waals surface area contributed by atoms with Gasteiger partial charge in [-0.05, 0) is 24.1 Å². The van der Waals surface area contributed by atoms with E-state index in [4.69, 9.17) is 10.5 Å². The lowest BCUT2D eigenvalue weighted by molar-refractivity contribution is 0.269. The number of nitrogens with two attached hydrogens (primary N) is 1. The molecule has 1 heterocycles. The summed E-state index contributed by atoms with van der Waals surface area (Å²) in [6.07, 6.45) is 1.05. The van der Waals surface area contributed by atoms with Gasteiger partial charge in [-0.15, -0.1) is 0 Å². The quantitative estimate of drug-likeness (QED) is 0.795. The summed E-state index contributed by atoms with van der Waals surface area (Å²) in [5.41, 5.74) is 8.20. The molecule has 0 saturated heterocycles. The first-order chi connectivity index (χ1) is 7.26. The number of hydrogen-bond donors (Lipinski definition) is 1. The summed E-state index contributed by atoms with van der Waals surface area (Å²) in [6.45, 7) is 3.48. The Morgan fingerprint density at radius 2 is 2.33 bits per heavy atom. The van der Waals surface area contributed by atoms with E-state index in [9.17, 15) is 0 Å². The highest BCUT2D eigenvalue weighted by molar-refractivity contribution is 5.61. The first kappa shape index (κ1) is 10.3. The molecule has 3 heteroatoms. The average molecular weight is 206 g/mol. The summed E-state index contributed by atoms with van der Waals surface area (Å²) in [5.74, 6) is 0.972. The Bertz CT molecular complexity index is 351. The molecule has 1 unspecified atom stereocenters. The predicted molar refractivity (Wildman–Crippen MR) is 62.6 cm³/mol. The van der Waals surface area contributed by atoms with E-state index < -0.39 is 0 Å². The van der Waals surface area contributed by atoms with Gasteiger partial charge >= 0.3 is 0 Å². The second kappa shape index (κ2) is 4.11. The van der Waals surface area contributed by atoms with Crippen LogP contribution >= 0.6 is 0 Å². The number of benzene rings is 1. The van der Waals surface area contributed by atoms with Gasteiger partial charge in [0.2, 0.25) is 0 Å². The van der Waals surface area contributed by atoms with Crippen LogP contribution in [0.2, 0.25) is 0 Å². The van der Waals surface area contributed by atoms with Crippen LogP contribution in [0.4, 0.5) is 5.69 Å². The van der Waals surface area contributed by atoms with Crippen LogP contribution in [0.25, 0.3) is 0 Å². The van der Waals surface area contributed by atoms with Crippen molar-refractivity contribution in [1.82, 2.24) is 0 Å². The minimum atomic E-state index is 0.296. The molecule has 0 bridgehead atoms. The second-order valence-electron chi connectivity index (χ2n) is 3.97. The van der Waals surface area contributed by atoms with Crippen molar-refractivity contribution < 1.29 is 4.74 Å². The number of aryl methyl sites for hydroxylation is 1. The molecule has 3 nitrogen and oxygen atoms in total. The number of likely N-dealkylation sites (N-methyl/N-ethyl adjacent to an activating group) is 1. The van der Waals surface area contributed by atoms with Crippen LogP contribution in [-0.4, -0.2) is 26.2 Å². The number of nitrogens with zero attached hydrogens (tertiary/aromatic N) is 1. The van der Waals surface area contributed by atoms with Gasteiger partial charge < -0.3 is 15.4 Å². The van der Waals surface area contributed by atoms with E-state index >= 15 is 0 Å². The zero-order valence-electron chi connectivity index (χ0n) is 9.36. The molecule has 1 atom stereocenters. The third kappa shape index (κ3) is 1.79. The molecule has 82 valence electrons. The average Bonchev–Trinajstić information content (AvgIpc) is 2.29. The van der Waals surface area contributed by atoms with Crippen LogP contribution in [0, 0.1) is 0 Å². The Labute approximate surface area is 90.8 Å². The highest BCUT2D eigenvalue weighted by atomic mass is 16.5. The fourth-order valence-electron chi connectivity index (χ4n) is 1.90. The van der Waals surface area contributed by atoms with Crippen molar-refractivity contribution in [2.24, 2.45) is 5.73 Å². The van der Waals surface area contributed by atoms with Crippen LogP contribution in [0.1, 0.15) is 12.5 Å². The van der Waals surface area contributed by atoms with Crippen molar-refractivity contribution in [2.75, 3.05) is 25.1 Å². The summed E-state index contributed by atoms with van der Waals surface area (Å²) in [4.78, 5) is 2.22. The molecule has 0 radical (unpaired) electrons. The lowest BCUT2D eigenvalue weighted by Gasteiger charge is -2.35. The van der Waals surface area contributed by atoms with Gasteiger partial charge in [-0.2, -0.15) is 0 Å². The molecule has 0 spiro atoms. The van der Waals surface area contributed by atoms with E-state index in [-0.39, 0.29) is 0 Å². The van der Waals surface area contributed by atoms with Crippen LogP contribution < -0.4 is 15.4 Å². The van der Waals surface area contributed by atoms with E-state index in [0.717, 1.165) is 17.9 Å². The Morgan fingerprint density at radius 1 is 1.53 bits per heavy atom. The fourth-order valence-corrected chi connectivity index (χ4v) is 1.90. The van der Waals surface area contributed by atoms with Gasteiger partial charge in [-0.3, -0.25) is 0 Å². The normalized spacial score (nSPS) is 19.7. The standard InChI is InChI=1S/C12H18N2O/c1-3-9-4-5-12-11(6-9)14(2)10(7-13)8-15-12/h4-6,10H,3,7-8,13H2,1-2H3. The Balaban J connectivity index is 2.35. The van der Waals surface area contributed by atoms with Gasteiger partial charge in [0.15, 0.2) is 0 Å². The highest BCUT2D eigenvalue weighted by Crippen LogP contribution is 2.33. The zero-order valence-corrected chi connectivity index (χ0v) is 9.36. The molecular weight excluding hydrogens is 188 g/mol. The van der Waals surface area contributed by atoms with Crippen molar-refractivity contribution in [2.45, 2.75) is 19.4 Å². The summed E-state index contributed by atoms with van der Waals surface area (Å²) in [7, 11) is 2.08. The molecule has 2 rings (SSSR count). The molecule has 2 N–H and O–H groups in total. The van der Waals surface area contributed by atoms with E-state index in [1.54, 1.807) is 0 Å². The Hall–Kier alpha value is -1.22. The Morgan fingerprint density at radius 3 is 3.00 bits per heavy atom. The number of anilines is 1.